The molecule has 1 saturated heterocycles. The number of aromatic amines is 1. The van der Waals surface area contributed by atoms with Gasteiger partial charge in [0.25, 0.3) is 5.91 Å². The highest BCUT2D eigenvalue weighted by molar-refractivity contribution is 6.36. The van der Waals surface area contributed by atoms with E-state index >= 15 is 0 Å². The highest BCUT2D eigenvalue weighted by atomic mass is 35.5. The number of benzene rings is 2. The molecule has 33 heavy (non-hydrogen) atoms. The summed E-state index contributed by atoms with van der Waals surface area (Å²) in [7, 11) is 0. The van der Waals surface area contributed by atoms with Crippen molar-refractivity contribution in [2.45, 2.75) is 13.0 Å². The molecule has 4 rings (SSSR count). The van der Waals surface area contributed by atoms with Crippen molar-refractivity contribution in [2.75, 3.05) is 31.9 Å². The summed E-state index contributed by atoms with van der Waals surface area (Å²) in [4.78, 5) is 17.5. The molecular formula is C24H24Cl2FN4O2+. The third-order valence-electron chi connectivity index (χ3n) is 5.59. The number of amides is 1. The van der Waals surface area contributed by atoms with E-state index in [9.17, 15) is 9.18 Å². The van der Waals surface area contributed by atoms with Gasteiger partial charge in [-0.1, -0.05) is 35.3 Å². The zero-order valence-corrected chi connectivity index (χ0v) is 19.5. The molecule has 9 heteroatoms. The molecule has 1 amide bonds. The van der Waals surface area contributed by atoms with Crippen LogP contribution in [0.15, 0.2) is 48.7 Å². The number of aromatic nitrogens is 1. The third kappa shape index (κ3) is 5.05. The lowest BCUT2D eigenvalue weighted by Gasteiger charge is -2.27. The second-order valence-electron chi connectivity index (χ2n) is 7.80. The first kappa shape index (κ1) is 23.3. The Kier molecular flexibility index (Phi) is 7.02. The van der Waals surface area contributed by atoms with Crippen molar-refractivity contribution in [2.24, 2.45) is 0 Å². The number of hydrogen-bond acceptors (Lipinski definition) is 4. The first-order valence-electron chi connectivity index (χ1n) is 10.6. The van der Waals surface area contributed by atoms with Crippen LogP contribution < -0.4 is 20.8 Å². The zero-order chi connectivity index (χ0) is 23.5. The quantitative estimate of drug-likeness (QED) is 0.521. The number of carbonyl (C=O) groups is 1. The Morgan fingerprint density at radius 1 is 1.15 bits per heavy atom. The molecule has 1 unspecified atom stereocenters. The van der Waals surface area contributed by atoms with E-state index in [4.69, 9.17) is 33.7 Å². The lowest BCUT2D eigenvalue weighted by Crippen LogP contribution is -2.46. The van der Waals surface area contributed by atoms with Crippen LogP contribution >= 0.6 is 23.2 Å². The Morgan fingerprint density at radius 2 is 1.85 bits per heavy atom. The number of carbonyl (C=O) groups excluding carboxylic acids is 1. The van der Waals surface area contributed by atoms with E-state index < -0.39 is 11.9 Å². The van der Waals surface area contributed by atoms with Gasteiger partial charge in [0, 0.05) is 54.0 Å². The van der Waals surface area contributed by atoms with Crippen LogP contribution in [-0.2, 0) is 0 Å². The van der Waals surface area contributed by atoms with Gasteiger partial charge in [-0.25, -0.2) is 9.37 Å². The van der Waals surface area contributed by atoms with E-state index in [-0.39, 0.29) is 10.9 Å². The fraction of sp³-hybridized carbons (Fsp3) is 0.250. The Morgan fingerprint density at radius 3 is 2.55 bits per heavy atom. The molecule has 1 aliphatic rings. The molecule has 0 radical (unpaired) electrons. The van der Waals surface area contributed by atoms with Crippen molar-refractivity contribution in [1.82, 2.24) is 10.2 Å². The largest absolute Gasteiger partial charge is 0.478 e. The number of H-pyrrole nitrogens is 1. The van der Waals surface area contributed by atoms with Crippen LogP contribution in [0.4, 0.5) is 10.2 Å². The normalized spacial score (nSPS) is 14.7. The number of halogens is 3. The number of rotatable bonds is 5. The first-order chi connectivity index (χ1) is 15.8. The van der Waals surface area contributed by atoms with Gasteiger partial charge < -0.3 is 15.0 Å². The molecule has 172 valence electrons. The number of hydrogen-bond donors (Lipinski definition) is 2. The number of anilines is 1. The molecule has 1 aliphatic heterocycles. The summed E-state index contributed by atoms with van der Waals surface area (Å²) < 4.78 is 19.9. The fourth-order valence-electron chi connectivity index (χ4n) is 3.77. The minimum absolute atomic E-state index is 0.0219. The van der Waals surface area contributed by atoms with Gasteiger partial charge in [0.1, 0.15) is 11.9 Å². The summed E-state index contributed by atoms with van der Waals surface area (Å²) in [5.41, 5.74) is 8.74. The molecule has 0 bridgehead atoms. The topological polar surface area (TPSA) is 81.7 Å². The smallest absolute Gasteiger partial charge is 0.313 e. The van der Waals surface area contributed by atoms with Crippen LogP contribution in [0, 0.1) is 5.82 Å². The van der Waals surface area contributed by atoms with Gasteiger partial charge in [-0.2, -0.15) is 0 Å². The second kappa shape index (κ2) is 9.95. The monoisotopic (exact) mass is 489 g/mol. The molecule has 4 N–H and O–H groups in total. The molecular weight excluding hydrogens is 466 g/mol. The summed E-state index contributed by atoms with van der Waals surface area (Å²) in [6.45, 7) is 4.73. The minimum Gasteiger partial charge on any atom is -0.478 e. The molecule has 1 aromatic heterocycles. The van der Waals surface area contributed by atoms with Gasteiger partial charge in [0.15, 0.2) is 0 Å². The van der Waals surface area contributed by atoms with E-state index in [0.29, 0.717) is 40.8 Å². The average molecular weight is 490 g/mol. The van der Waals surface area contributed by atoms with Crippen LogP contribution in [0.3, 0.4) is 0 Å². The van der Waals surface area contributed by atoms with Gasteiger partial charge in [-0.3, -0.25) is 10.5 Å². The van der Waals surface area contributed by atoms with Crippen molar-refractivity contribution in [3.05, 3.63) is 75.7 Å². The molecule has 0 aliphatic carbocycles. The molecule has 3 aromatic rings. The van der Waals surface area contributed by atoms with Gasteiger partial charge in [-0.05, 0) is 36.8 Å². The Hall–Kier alpha value is -2.87. The number of piperazine rings is 1. The standard InChI is InChI=1S/C24H23Cl2FN4O2/c1-14(21-18(25)6-7-19(27)22(21)26)33-20-12-17(13-30-23(20)28)15-2-4-16(5-3-15)24(32)31-10-8-29-9-11-31/h2-7,12-14,29H,8-11H2,1H3,(H2,28,30)/p+1. The van der Waals surface area contributed by atoms with Crippen molar-refractivity contribution >= 4 is 34.9 Å². The van der Waals surface area contributed by atoms with Crippen molar-refractivity contribution in [3.8, 4) is 16.9 Å². The highest BCUT2D eigenvalue weighted by Gasteiger charge is 2.22. The Labute approximate surface area is 201 Å². The second-order valence-corrected chi connectivity index (χ2v) is 8.59. The number of nitrogens with one attached hydrogen (secondary N) is 2. The van der Waals surface area contributed by atoms with E-state index in [0.717, 1.165) is 24.2 Å². The van der Waals surface area contributed by atoms with Crippen LogP contribution in [-0.4, -0.2) is 37.0 Å². The number of nitrogen functional groups attached to an aromatic ring is 1. The Balaban J connectivity index is 1.55. The van der Waals surface area contributed by atoms with E-state index in [1.807, 2.05) is 29.2 Å². The third-order valence-corrected chi connectivity index (χ3v) is 6.31. The summed E-state index contributed by atoms with van der Waals surface area (Å²) in [6.07, 6.45) is 1.10. The zero-order valence-electron chi connectivity index (χ0n) is 18.0. The molecule has 2 heterocycles. The maximum absolute atomic E-state index is 13.9. The predicted octanol–water partition coefficient (Wildman–Crippen LogP) is 4.38. The van der Waals surface area contributed by atoms with Crippen molar-refractivity contribution in [1.29, 1.82) is 0 Å². The van der Waals surface area contributed by atoms with Gasteiger partial charge in [0.2, 0.25) is 5.75 Å². The van der Waals surface area contributed by atoms with Crippen LogP contribution in [0.25, 0.3) is 11.1 Å². The molecule has 1 fully saturated rings. The van der Waals surface area contributed by atoms with Gasteiger partial charge >= 0.3 is 5.82 Å². The van der Waals surface area contributed by atoms with E-state index in [1.165, 1.54) is 12.1 Å². The number of ether oxygens (including phenoxy) is 1. The minimum atomic E-state index is -0.648. The molecule has 2 aromatic carbocycles. The summed E-state index contributed by atoms with van der Waals surface area (Å²) in [5.74, 6) is 0.126. The predicted molar refractivity (Wildman–Crippen MR) is 127 cm³/mol. The summed E-state index contributed by atoms with van der Waals surface area (Å²) in [5, 5.41) is 3.46. The molecule has 1 atom stereocenters. The van der Waals surface area contributed by atoms with Crippen molar-refractivity contribution in [3.63, 3.8) is 0 Å². The highest BCUT2D eigenvalue weighted by Crippen LogP contribution is 2.36. The van der Waals surface area contributed by atoms with E-state index in [2.05, 4.69) is 10.3 Å². The number of nitrogens with two attached hydrogens (primary N) is 1. The average Bonchev–Trinajstić information content (AvgIpc) is 2.83. The van der Waals surface area contributed by atoms with Crippen LogP contribution in [0.2, 0.25) is 10.0 Å². The lowest BCUT2D eigenvalue weighted by molar-refractivity contribution is -0.360. The molecule has 6 nitrogen and oxygen atoms in total. The van der Waals surface area contributed by atoms with Crippen molar-refractivity contribution < 1.29 is 18.9 Å². The SMILES string of the molecule is CC(Oc1cc(-c2ccc(C(=O)N3CCNCC3)cc2)c[nH+]c1N)c1c(Cl)ccc(F)c1Cl. The van der Waals surface area contributed by atoms with Gasteiger partial charge in [-0.15, -0.1) is 0 Å². The molecule has 0 saturated carbocycles. The summed E-state index contributed by atoms with van der Waals surface area (Å²) in [6, 6.07) is 11.8. The van der Waals surface area contributed by atoms with Crippen LogP contribution in [0.5, 0.6) is 5.75 Å². The Bertz CT molecular complexity index is 1170. The first-order valence-corrected chi connectivity index (χ1v) is 11.3. The fourth-order valence-corrected chi connectivity index (χ4v) is 4.45. The lowest BCUT2D eigenvalue weighted by atomic mass is 10.0. The van der Waals surface area contributed by atoms with E-state index in [1.54, 1.807) is 19.2 Å². The van der Waals surface area contributed by atoms with Crippen LogP contribution in [0.1, 0.15) is 28.9 Å². The summed E-state index contributed by atoms with van der Waals surface area (Å²) >= 11 is 12.3. The maximum Gasteiger partial charge on any atom is 0.313 e. The maximum atomic E-state index is 13.9. The number of nitrogens with zero attached hydrogens (tertiary/aromatic N) is 1. The van der Waals surface area contributed by atoms with Gasteiger partial charge in [0.05, 0.1) is 11.2 Å². The number of pyridine rings is 1. The molecule has 0 spiro atoms.